The maximum absolute atomic E-state index is 12.3. The van der Waals surface area contributed by atoms with E-state index < -0.39 is 43.9 Å². The first-order chi connectivity index (χ1) is 14.2. The number of carboxylic acids is 1. The number of H-pyrrole nitrogens is 1. The van der Waals surface area contributed by atoms with E-state index in [9.17, 15) is 24.2 Å². The number of thioether (sulfide) groups is 1. The molecule has 0 aliphatic carbocycles. The number of rotatable bonds is 6. The number of ether oxygens (including phenoxy) is 1. The van der Waals surface area contributed by atoms with Gasteiger partial charge < -0.3 is 34.6 Å². The van der Waals surface area contributed by atoms with Gasteiger partial charge in [0.05, 0.1) is 6.61 Å². The van der Waals surface area contributed by atoms with Crippen molar-refractivity contribution in [3.63, 3.8) is 0 Å². The third-order valence-corrected chi connectivity index (χ3v) is 6.52. The molecule has 4 rings (SSSR count). The van der Waals surface area contributed by atoms with Crippen LogP contribution in [-0.2, 0) is 23.1 Å². The number of phosphoric ester groups is 1. The van der Waals surface area contributed by atoms with Gasteiger partial charge in [0.25, 0.3) is 13.4 Å². The normalized spacial score (nSPS) is 31.1. The van der Waals surface area contributed by atoms with E-state index in [0.717, 1.165) is 11.8 Å². The smallest absolute Gasteiger partial charge is 0.303 e. The summed E-state index contributed by atoms with van der Waals surface area (Å²) >= 11 is 1.13. The molecule has 0 amide bonds. The van der Waals surface area contributed by atoms with Gasteiger partial charge in [-0.15, -0.1) is 0 Å². The highest BCUT2D eigenvalue weighted by Crippen LogP contribution is 2.50. The van der Waals surface area contributed by atoms with Crippen molar-refractivity contribution < 1.29 is 38.3 Å². The lowest BCUT2D eigenvalue weighted by Crippen LogP contribution is -2.41. The predicted octanol–water partition coefficient (Wildman–Crippen LogP) is -1.20. The molecule has 2 aromatic heterocycles. The number of fused-ring (bicyclic) bond motifs is 2. The van der Waals surface area contributed by atoms with E-state index in [4.69, 9.17) is 20.1 Å². The first kappa shape index (κ1) is 21.2. The molecule has 0 aromatic carbocycles. The molecule has 0 bridgehead atoms. The van der Waals surface area contributed by atoms with Crippen molar-refractivity contribution in [1.29, 1.82) is 0 Å². The van der Waals surface area contributed by atoms with E-state index in [1.807, 2.05) is 0 Å². The van der Waals surface area contributed by atoms with Crippen molar-refractivity contribution in [2.24, 2.45) is 0 Å². The third-order valence-electron chi connectivity index (χ3n) is 4.51. The number of carboxylic acid groups (broad SMARTS) is 1. The Morgan fingerprint density at radius 3 is 2.97 bits per heavy atom. The number of nitrogen functional groups attached to an aromatic ring is 1. The second kappa shape index (κ2) is 7.92. The van der Waals surface area contributed by atoms with Crippen LogP contribution >= 0.6 is 19.6 Å². The third kappa shape index (κ3) is 3.97. The second-order valence-electron chi connectivity index (χ2n) is 6.60. The summed E-state index contributed by atoms with van der Waals surface area (Å²) in [6, 6.07) is 0. The number of aromatic nitrogens is 4. The summed E-state index contributed by atoms with van der Waals surface area (Å²) in [5, 5.41) is 19.7. The topological polar surface area (TPSA) is 215 Å². The number of hydrogen-bond donors (Lipinski definition) is 4. The summed E-state index contributed by atoms with van der Waals surface area (Å²) in [5.74, 6) is -0.800. The largest absolute Gasteiger partial charge is 0.756 e. The fourth-order valence-electron chi connectivity index (χ4n) is 3.24. The number of nitrogens with two attached hydrogens (primary N) is 1. The lowest BCUT2D eigenvalue weighted by Gasteiger charge is -2.34. The van der Waals surface area contributed by atoms with Crippen molar-refractivity contribution >= 4 is 42.7 Å². The summed E-state index contributed by atoms with van der Waals surface area (Å²) in [6.07, 6.45) is -4.47. The highest BCUT2D eigenvalue weighted by molar-refractivity contribution is 7.99. The summed E-state index contributed by atoms with van der Waals surface area (Å²) in [5.41, 5.74) is 4.98. The quantitative estimate of drug-likeness (QED) is 0.226. The minimum absolute atomic E-state index is 0.0194. The first-order valence-electron chi connectivity index (χ1n) is 8.76. The van der Waals surface area contributed by atoms with Crippen molar-refractivity contribution in [2.75, 3.05) is 18.1 Å². The minimum atomic E-state index is -4.57. The zero-order valence-corrected chi connectivity index (χ0v) is 16.9. The number of hydrogen-bond acceptors (Lipinski definition) is 12. The number of carbonyl (C=O) groups is 1. The molecule has 5 atom stereocenters. The molecule has 164 valence electrons. The van der Waals surface area contributed by atoms with Crippen molar-refractivity contribution in [2.45, 2.75) is 42.5 Å². The zero-order valence-electron chi connectivity index (χ0n) is 15.2. The molecule has 4 heterocycles. The maximum atomic E-state index is 12.3. The van der Waals surface area contributed by atoms with Gasteiger partial charge in [-0.1, -0.05) is 11.8 Å². The second-order valence-corrected chi connectivity index (χ2v) is 9.03. The van der Waals surface area contributed by atoms with Crippen LogP contribution in [0.2, 0.25) is 0 Å². The molecular formula is C14H17N5O9PS-. The van der Waals surface area contributed by atoms with E-state index >= 15 is 0 Å². The van der Waals surface area contributed by atoms with Gasteiger partial charge in [-0.25, -0.2) is 4.98 Å². The van der Waals surface area contributed by atoms with Crippen LogP contribution in [0.3, 0.4) is 0 Å². The average Bonchev–Trinajstić information content (AvgIpc) is 3.16. The molecule has 2 fully saturated rings. The van der Waals surface area contributed by atoms with Crippen LogP contribution in [0.1, 0.15) is 19.1 Å². The van der Waals surface area contributed by atoms with Crippen LogP contribution in [0.4, 0.5) is 5.95 Å². The summed E-state index contributed by atoms with van der Waals surface area (Å²) < 4.78 is 28.1. The Morgan fingerprint density at radius 2 is 2.23 bits per heavy atom. The van der Waals surface area contributed by atoms with Gasteiger partial charge >= 0.3 is 5.97 Å². The van der Waals surface area contributed by atoms with Gasteiger partial charge in [0.1, 0.15) is 18.3 Å². The van der Waals surface area contributed by atoms with Gasteiger partial charge in [0.15, 0.2) is 22.5 Å². The van der Waals surface area contributed by atoms with Crippen molar-refractivity contribution in [1.82, 2.24) is 19.5 Å². The molecule has 16 heteroatoms. The number of nitrogens with one attached hydrogen (secondary N) is 1. The fourth-order valence-corrected chi connectivity index (χ4v) is 5.15. The lowest BCUT2D eigenvalue weighted by atomic mass is 10.1. The van der Waals surface area contributed by atoms with Crippen LogP contribution in [-0.4, -0.2) is 66.4 Å². The number of nitrogens with zero attached hydrogens (tertiary/aromatic N) is 3. The van der Waals surface area contributed by atoms with E-state index in [2.05, 4.69) is 19.5 Å². The molecule has 30 heavy (non-hydrogen) atoms. The maximum Gasteiger partial charge on any atom is 0.303 e. The van der Waals surface area contributed by atoms with Gasteiger partial charge in [-0.3, -0.25) is 23.7 Å². The molecule has 2 aromatic rings. The van der Waals surface area contributed by atoms with Crippen LogP contribution < -0.4 is 16.2 Å². The predicted molar refractivity (Wildman–Crippen MR) is 98.5 cm³/mol. The molecule has 0 radical (unpaired) electrons. The van der Waals surface area contributed by atoms with E-state index in [0.29, 0.717) is 12.2 Å². The number of anilines is 1. The van der Waals surface area contributed by atoms with Crippen LogP contribution in [0.15, 0.2) is 9.95 Å². The Labute approximate surface area is 172 Å². The summed E-state index contributed by atoms with van der Waals surface area (Å²) in [6.45, 7) is -0.344. The molecule has 14 nitrogen and oxygen atoms in total. The Morgan fingerprint density at radius 1 is 1.47 bits per heavy atom. The van der Waals surface area contributed by atoms with Crippen LogP contribution in [0.25, 0.3) is 11.2 Å². The SMILES string of the molecule is Nc1nc2c(nc(SCCCC(=O)O)n2[C@@H]2OC3COP(=O)([O-])O[C@H]3C2O)c(=O)[nH]1. The molecule has 5 N–H and O–H groups in total. The fraction of sp³-hybridized carbons (Fsp3) is 0.571. The molecule has 2 saturated heterocycles. The van der Waals surface area contributed by atoms with Gasteiger partial charge in [-0.05, 0) is 6.42 Å². The van der Waals surface area contributed by atoms with Gasteiger partial charge in [0, 0.05) is 12.2 Å². The number of aliphatic carboxylic acids is 1. The van der Waals surface area contributed by atoms with Crippen LogP contribution in [0.5, 0.6) is 0 Å². The van der Waals surface area contributed by atoms with E-state index in [-0.39, 0.29) is 35.3 Å². The monoisotopic (exact) mass is 462 g/mol. The first-order valence-corrected chi connectivity index (χ1v) is 11.2. The molecule has 0 saturated carbocycles. The Kier molecular flexibility index (Phi) is 5.61. The van der Waals surface area contributed by atoms with Crippen molar-refractivity contribution in [3.8, 4) is 0 Å². The van der Waals surface area contributed by atoms with Gasteiger partial charge in [-0.2, -0.15) is 4.98 Å². The number of phosphoric acid groups is 1. The average molecular weight is 462 g/mol. The Balaban J connectivity index is 1.71. The zero-order chi connectivity index (χ0) is 21.6. The number of aliphatic hydroxyl groups is 1. The highest BCUT2D eigenvalue weighted by atomic mass is 32.2. The number of aromatic amines is 1. The summed E-state index contributed by atoms with van der Waals surface area (Å²) in [4.78, 5) is 45.2. The lowest BCUT2D eigenvalue weighted by molar-refractivity contribution is -0.245. The Bertz CT molecular complexity index is 1090. The van der Waals surface area contributed by atoms with Crippen molar-refractivity contribution in [3.05, 3.63) is 10.4 Å². The molecule has 3 unspecified atom stereocenters. The molecule has 0 spiro atoms. The molecule has 2 aliphatic rings. The number of aliphatic hydroxyl groups excluding tert-OH is 1. The van der Waals surface area contributed by atoms with Gasteiger partial charge in [0.2, 0.25) is 5.95 Å². The van der Waals surface area contributed by atoms with Crippen LogP contribution in [0, 0.1) is 0 Å². The standard InChI is InChI=1S/C14H18N5O9PS/c15-13-17-10-7(11(23)18-13)16-14(30-3-1-2-6(20)21)19(10)12-8(22)9-5(27-12)4-26-29(24,25)28-9/h5,8-9,12,22H,1-4H2,(H,20,21)(H,24,25)(H3,15,17,18,23)/p-1/t5?,8?,9-,12-/m1/s1. The molecular weight excluding hydrogens is 445 g/mol. The van der Waals surface area contributed by atoms with E-state index in [1.54, 1.807) is 0 Å². The Hall–Kier alpha value is -2.00. The highest BCUT2D eigenvalue weighted by Gasteiger charge is 2.51. The van der Waals surface area contributed by atoms with E-state index in [1.165, 1.54) is 4.57 Å². The molecule has 2 aliphatic heterocycles. The summed E-state index contributed by atoms with van der Waals surface area (Å²) in [7, 11) is -4.57. The number of imidazole rings is 1. The minimum Gasteiger partial charge on any atom is -0.756 e.